The van der Waals surface area contributed by atoms with Crippen molar-refractivity contribution in [2.24, 2.45) is 0 Å². The lowest BCUT2D eigenvalue weighted by Gasteiger charge is -2.18. The highest BCUT2D eigenvalue weighted by molar-refractivity contribution is 6.33. The summed E-state index contributed by atoms with van der Waals surface area (Å²) in [7, 11) is 0. The van der Waals surface area contributed by atoms with E-state index in [0.29, 0.717) is 5.82 Å². The van der Waals surface area contributed by atoms with Crippen LogP contribution in [0.3, 0.4) is 0 Å². The van der Waals surface area contributed by atoms with Crippen LogP contribution < -0.4 is 0 Å². The molecule has 0 atom stereocenters. The topological polar surface area (TPSA) is 50.9 Å². The highest BCUT2D eigenvalue weighted by atomic mass is 35.5. The summed E-state index contributed by atoms with van der Waals surface area (Å²) in [6.07, 6.45) is -2.55. The maximum absolute atomic E-state index is 13.0. The SMILES string of the molecule is CC(C)(O)Cn1nc(C2CC2)nc1-c1cc(C(F)(F)F)ccc1Cl. The van der Waals surface area contributed by atoms with Crippen molar-refractivity contribution in [3.8, 4) is 11.4 Å². The summed E-state index contributed by atoms with van der Waals surface area (Å²) in [4.78, 5) is 4.40. The van der Waals surface area contributed by atoms with Gasteiger partial charge in [0.05, 0.1) is 22.7 Å². The summed E-state index contributed by atoms with van der Waals surface area (Å²) in [6.45, 7) is 3.31. The average Bonchev–Trinajstić information content (AvgIpc) is 3.19. The summed E-state index contributed by atoms with van der Waals surface area (Å²) in [5, 5.41) is 14.6. The van der Waals surface area contributed by atoms with E-state index >= 15 is 0 Å². The summed E-state index contributed by atoms with van der Waals surface area (Å²) in [5.41, 5.74) is -1.72. The maximum Gasteiger partial charge on any atom is 0.416 e. The zero-order valence-electron chi connectivity index (χ0n) is 13.2. The fraction of sp³-hybridized carbons (Fsp3) is 0.500. The quantitative estimate of drug-likeness (QED) is 0.887. The lowest BCUT2D eigenvalue weighted by Crippen LogP contribution is -2.27. The van der Waals surface area contributed by atoms with Gasteiger partial charge in [-0.05, 0) is 44.9 Å². The van der Waals surface area contributed by atoms with Crippen molar-refractivity contribution in [2.75, 3.05) is 0 Å². The lowest BCUT2D eigenvalue weighted by atomic mass is 10.1. The third-order valence-electron chi connectivity index (χ3n) is 3.70. The van der Waals surface area contributed by atoms with Crippen LogP contribution in [0.1, 0.15) is 44.0 Å². The largest absolute Gasteiger partial charge is 0.416 e. The number of aliphatic hydroxyl groups is 1. The Balaban J connectivity index is 2.10. The van der Waals surface area contributed by atoms with E-state index in [1.54, 1.807) is 13.8 Å². The molecule has 24 heavy (non-hydrogen) atoms. The predicted octanol–water partition coefficient (Wildman–Crippen LogP) is 4.27. The van der Waals surface area contributed by atoms with E-state index in [2.05, 4.69) is 10.1 Å². The Morgan fingerprint density at radius 2 is 1.96 bits per heavy atom. The molecule has 1 N–H and O–H groups in total. The monoisotopic (exact) mass is 359 g/mol. The second-order valence-electron chi connectivity index (χ2n) is 6.73. The second kappa shape index (κ2) is 5.74. The van der Waals surface area contributed by atoms with E-state index < -0.39 is 17.3 Å². The summed E-state index contributed by atoms with van der Waals surface area (Å²) in [5.74, 6) is 1.06. The molecule has 0 unspecified atom stereocenters. The van der Waals surface area contributed by atoms with Crippen LogP contribution in [0, 0.1) is 0 Å². The molecule has 1 aliphatic carbocycles. The van der Waals surface area contributed by atoms with Crippen molar-refractivity contribution in [1.82, 2.24) is 14.8 Å². The Morgan fingerprint density at radius 1 is 1.29 bits per heavy atom. The lowest BCUT2D eigenvalue weighted by molar-refractivity contribution is -0.137. The number of alkyl halides is 3. The number of aromatic nitrogens is 3. The molecule has 2 aromatic rings. The Morgan fingerprint density at radius 3 is 2.50 bits per heavy atom. The first-order chi connectivity index (χ1) is 11.0. The highest BCUT2D eigenvalue weighted by Gasteiger charge is 2.33. The number of rotatable bonds is 4. The van der Waals surface area contributed by atoms with Gasteiger partial charge in [-0.15, -0.1) is 0 Å². The first-order valence-corrected chi connectivity index (χ1v) is 7.96. The Bertz CT molecular complexity index is 761. The molecule has 1 saturated carbocycles. The van der Waals surface area contributed by atoms with E-state index in [4.69, 9.17) is 11.6 Å². The smallest absolute Gasteiger partial charge is 0.389 e. The van der Waals surface area contributed by atoms with Gasteiger partial charge in [0, 0.05) is 11.5 Å². The molecule has 0 spiro atoms. The first-order valence-electron chi connectivity index (χ1n) is 7.59. The molecule has 1 aliphatic rings. The van der Waals surface area contributed by atoms with Crippen LogP contribution in [-0.4, -0.2) is 25.5 Å². The van der Waals surface area contributed by atoms with E-state index in [-0.39, 0.29) is 28.9 Å². The number of hydrogen-bond donors (Lipinski definition) is 1. The number of hydrogen-bond acceptors (Lipinski definition) is 3. The molecule has 0 radical (unpaired) electrons. The Kier molecular flexibility index (Phi) is 4.12. The fourth-order valence-electron chi connectivity index (χ4n) is 2.42. The molecule has 0 aliphatic heterocycles. The highest BCUT2D eigenvalue weighted by Crippen LogP contribution is 2.40. The van der Waals surface area contributed by atoms with Gasteiger partial charge in [-0.3, -0.25) is 0 Å². The van der Waals surface area contributed by atoms with Gasteiger partial charge in [-0.2, -0.15) is 18.3 Å². The normalized spacial score (nSPS) is 15.8. The third-order valence-corrected chi connectivity index (χ3v) is 4.03. The molecule has 0 bridgehead atoms. The molecule has 0 saturated heterocycles. The molecule has 1 aromatic heterocycles. The maximum atomic E-state index is 13.0. The molecule has 0 amide bonds. The minimum absolute atomic E-state index is 0.106. The minimum Gasteiger partial charge on any atom is -0.389 e. The van der Waals surface area contributed by atoms with Gasteiger partial charge in [0.1, 0.15) is 0 Å². The minimum atomic E-state index is -4.47. The summed E-state index contributed by atoms with van der Waals surface area (Å²) < 4.78 is 40.5. The Labute approximate surface area is 142 Å². The van der Waals surface area contributed by atoms with Gasteiger partial charge in [0.15, 0.2) is 11.6 Å². The van der Waals surface area contributed by atoms with Crippen LogP contribution in [0.2, 0.25) is 5.02 Å². The average molecular weight is 360 g/mol. The van der Waals surface area contributed by atoms with Crippen LogP contribution in [-0.2, 0) is 12.7 Å². The van der Waals surface area contributed by atoms with Gasteiger partial charge >= 0.3 is 6.18 Å². The standard InChI is InChI=1S/C16H17ClF3N3O/c1-15(2,24)8-23-14(21-13(22-23)9-3-4-9)11-7-10(16(18,19)20)5-6-12(11)17/h5-7,9,24H,3-4,8H2,1-2H3. The molecule has 130 valence electrons. The zero-order chi connectivity index (χ0) is 17.7. The van der Waals surface area contributed by atoms with Crippen molar-refractivity contribution in [1.29, 1.82) is 0 Å². The summed E-state index contributed by atoms with van der Waals surface area (Å²) in [6, 6.07) is 3.12. The number of halogens is 4. The Hall–Kier alpha value is -1.60. The van der Waals surface area contributed by atoms with Crippen LogP contribution >= 0.6 is 11.6 Å². The van der Waals surface area contributed by atoms with Gasteiger partial charge in [0.25, 0.3) is 0 Å². The fourth-order valence-corrected chi connectivity index (χ4v) is 2.63. The van der Waals surface area contributed by atoms with Crippen molar-refractivity contribution in [3.63, 3.8) is 0 Å². The van der Waals surface area contributed by atoms with E-state index in [1.807, 2.05) is 0 Å². The van der Waals surface area contributed by atoms with E-state index in [9.17, 15) is 18.3 Å². The van der Waals surface area contributed by atoms with Crippen LogP contribution in [0.5, 0.6) is 0 Å². The molecule has 3 rings (SSSR count). The molecule has 8 heteroatoms. The molecule has 1 heterocycles. The molecular weight excluding hydrogens is 343 g/mol. The molecule has 4 nitrogen and oxygen atoms in total. The van der Waals surface area contributed by atoms with E-state index in [1.165, 1.54) is 10.7 Å². The van der Waals surface area contributed by atoms with E-state index in [0.717, 1.165) is 25.0 Å². The van der Waals surface area contributed by atoms with Gasteiger partial charge in [-0.1, -0.05) is 11.6 Å². The van der Waals surface area contributed by atoms with Crippen molar-refractivity contribution in [2.45, 2.75) is 50.9 Å². The van der Waals surface area contributed by atoms with Crippen LogP contribution in [0.4, 0.5) is 13.2 Å². The third kappa shape index (κ3) is 3.72. The van der Waals surface area contributed by atoms with Gasteiger partial charge in [-0.25, -0.2) is 9.67 Å². The zero-order valence-corrected chi connectivity index (χ0v) is 14.0. The second-order valence-corrected chi connectivity index (χ2v) is 7.14. The molecular formula is C16H17ClF3N3O. The van der Waals surface area contributed by atoms with Gasteiger partial charge in [0.2, 0.25) is 0 Å². The number of benzene rings is 1. The van der Waals surface area contributed by atoms with Crippen molar-refractivity contribution in [3.05, 3.63) is 34.6 Å². The van der Waals surface area contributed by atoms with Crippen molar-refractivity contribution >= 4 is 11.6 Å². The summed E-state index contributed by atoms with van der Waals surface area (Å²) >= 11 is 6.12. The predicted molar refractivity (Wildman–Crippen MR) is 83.7 cm³/mol. The van der Waals surface area contributed by atoms with Crippen LogP contribution in [0.15, 0.2) is 18.2 Å². The molecule has 1 aromatic carbocycles. The van der Waals surface area contributed by atoms with Crippen LogP contribution in [0.25, 0.3) is 11.4 Å². The first kappa shape index (κ1) is 17.2. The van der Waals surface area contributed by atoms with Crippen molar-refractivity contribution < 1.29 is 18.3 Å². The number of nitrogens with zero attached hydrogens (tertiary/aromatic N) is 3. The van der Waals surface area contributed by atoms with Gasteiger partial charge < -0.3 is 5.11 Å². The molecule has 1 fully saturated rings.